The van der Waals surface area contributed by atoms with Crippen LogP contribution in [0.3, 0.4) is 0 Å². The quantitative estimate of drug-likeness (QED) is 0.733. The van der Waals surface area contributed by atoms with Crippen molar-refractivity contribution >= 4 is 5.97 Å². The summed E-state index contributed by atoms with van der Waals surface area (Å²) in [6.07, 6.45) is 0. The van der Waals surface area contributed by atoms with Crippen LogP contribution in [0.5, 0.6) is 0 Å². The average Bonchev–Trinajstić information content (AvgIpc) is 2.15. The van der Waals surface area contributed by atoms with Crippen molar-refractivity contribution in [2.24, 2.45) is 5.73 Å². The van der Waals surface area contributed by atoms with Gasteiger partial charge in [0.2, 0.25) is 0 Å². The molecule has 0 aliphatic heterocycles. The molecule has 1 aromatic rings. The Bertz CT molecular complexity index is 350. The molecule has 0 aliphatic rings. The molecule has 1 atom stereocenters. The van der Waals surface area contributed by atoms with E-state index in [2.05, 4.69) is 4.74 Å². The first-order valence-corrected chi connectivity index (χ1v) is 4.19. The van der Waals surface area contributed by atoms with E-state index in [1.165, 1.54) is 19.2 Å². The first-order chi connectivity index (χ1) is 6.56. The van der Waals surface area contributed by atoms with Crippen LogP contribution in [0, 0.1) is 5.82 Å². The molecule has 0 saturated carbocycles. The van der Waals surface area contributed by atoms with E-state index < -0.39 is 11.8 Å². The molecule has 0 amide bonds. The van der Waals surface area contributed by atoms with Crippen molar-refractivity contribution in [1.82, 2.24) is 0 Å². The highest BCUT2D eigenvalue weighted by Crippen LogP contribution is 2.16. The molecule has 0 spiro atoms. The maximum atomic E-state index is 13.3. The van der Waals surface area contributed by atoms with Crippen LogP contribution >= 0.6 is 0 Å². The third kappa shape index (κ3) is 2.09. The molecule has 0 fully saturated rings. The number of carbonyl (C=O) groups excluding carboxylic acids is 1. The van der Waals surface area contributed by atoms with E-state index in [9.17, 15) is 9.18 Å². The van der Waals surface area contributed by atoms with Crippen LogP contribution in [0.15, 0.2) is 18.2 Å². The Morgan fingerprint density at radius 2 is 2.21 bits per heavy atom. The molecule has 76 valence electrons. The van der Waals surface area contributed by atoms with Crippen LogP contribution in [0.25, 0.3) is 0 Å². The van der Waals surface area contributed by atoms with Gasteiger partial charge in [-0.1, -0.05) is 6.07 Å². The molecule has 2 N–H and O–H groups in total. The van der Waals surface area contributed by atoms with Crippen molar-refractivity contribution in [3.05, 3.63) is 35.1 Å². The number of hydrogen-bond donors (Lipinski definition) is 1. The van der Waals surface area contributed by atoms with Crippen LogP contribution in [0.2, 0.25) is 0 Å². The number of hydrogen-bond acceptors (Lipinski definition) is 3. The van der Waals surface area contributed by atoms with Gasteiger partial charge < -0.3 is 10.5 Å². The van der Waals surface area contributed by atoms with E-state index in [0.29, 0.717) is 5.56 Å². The summed E-state index contributed by atoms with van der Waals surface area (Å²) in [6, 6.07) is 3.73. The summed E-state index contributed by atoms with van der Waals surface area (Å²) in [5.74, 6) is -1.04. The normalized spacial score (nSPS) is 12.3. The molecule has 3 nitrogen and oxygen atoms in total. The lowest BCUT2D eigenvalue weighted by Gasteiger charge is -2.07. The first-order valence-electron chi connectivity index (χ1n) is 4.19. The maximum Gasteiger partial charge on any atom is 0.337 e. The monoisotopic (exact) mass is 197 g/mol. The van der Waals surface area contributed by atoms with E-state index in [-0.39, 0.29) is 11.6 Å². The minimum absolute atomic E-state index is 0.189. The largest absolute Gasteiger partial charge is 0.465 e. The topological polar surface area (TPSA) is 52.3 Å². The van der Waals surface area contributed by atoms with Gasteiger partial charge in [-0.2, -0.15) is 0 Å². The van der Waals surface area contributed by atoms with Crippen molar-refractivity contribution in [3.63, 3.8) is 0 Å². The number of benzene rings is 1. The lowest BCUT2D eigenvalue weighted by molar-refractivity contribution is 0.0600. The van der Waals surface area contributed by atoms with E-state index in [0.717, 1.165) is 6.07 Å². The number of carbonyl (C=O) groups is 1. The summed E-state index contributed by atoms with van der Waals surface area (Å²) < 4.78 is 17.8. The molecule has 0 bridgehead atoms. The minimum Gasteiger partial charge on any atom is -0.465 e. The Hall–Kier alpha value is -1.42. The molecule has 4 heteroatoms. The Morgan fingerprint density at radius 3 is 2.64 bits per heavy atom. The summed E-state index contributed by atoms with van der Waals surface area (Å²) in [6.45, 7) is 1.68. The molecule has 0 aromatic heterocycles. The lowest BCUT2D eigenvalue weighted by Crippen LogP contribution is -2.09. The van der Waals surface area contributed by atoms with Crippen LogP contribution in [0.1, 0.15) is 28.9 Å². The SMILES string of the molecule is COC(=O)c1ccc(C(C)N)c(F)c1. The number of rotatable bonds is 2. The van der Waals surface area contributed by atoms with Crippen LogP contribution in [-0.2, 0) is 4.74 Å². The van der Waals surface area contributed by atoms with E-state index in [4.69, 9.17) is 5.73 Å². The van der Waals surface area contributed by atoms with Crippen LogP contribution in [-0.4, -0.2) is 13.1 Å². The average molecular weight is 197 g/mol. The maximum absolute atomic E-state index is 13.3. The van der Waals surface area contributed by atoms with Crippen LogP contribution in [0.4, 0.5) is 4.39 Å². The Morgan fingerprint density at radius 1 is 1.57 bits per heavy atom. The summed E-state index contributed by atoms with van der Waals surface area (Å²) in [5.41, 5.74) is 6.09. The molecule has 0 radical (unpaired) electrons. The van der Waals surface area contributed by atoms with Crippen molar-refractivity contribution in [2.45, 2.75) is 13.0 Å². The fourth-order valence-electron chi connectivity index (χ4n) is 1.14. The van der Waals surface area contributed by atoms with Crippen molar-refractivity contribution in [1.29, 1.82) is 0 Å². The molecule has 0 aliphatic carbocycles. The van der Waals surface area contributed by atoms with Crippen molar-refractivity contribution in [2.75, 3.05) is 7.11 Å². The third-order valence-corrected chi connectivity index (χ3v) is 1.91. The predicted molar refractivity (Wildman–Crippen MR) is 50.3 cm³/mol. The zero-order valence-corrected chi connectivity index (χ0v) is 8.08. The van der Waals surface area contributed by atoms with Gasteiger partial charge in [0.25, 0.3) is 0 Å². The fraction of sp³-hybridized carbons (Fsp3) is 0.300. The molecule has 1 unspecified atom stereocenters. The molecule has 14 heavy (non-hydrogen) atoms. The summed E-state index contributed by atoms with van der Waals surface area (Å²) >= 11 is 0. The number of ether oxygens (including phenoxy) is 1. The molecule has 0 saturated heterocycles. The van der Waals surface area contributed by atoms with Crippen molar-refractivity contribution in [3.8, 4) is 0 Å². The van der Waals surface area contributed by atoms with Gasteiger partial charge in [-0.3, -0.25) is 0 Å². The lowest BCUT2D eigenvalue weighted by atomic mass is 10.1. The van der Waals surface area contributed by atoms with Gasteiger partial charge in [-0.15, -0.1) is 0 Å². The van der Waals surface area contributed by atoms with Gasteiger partial charge in [0.05, 0.1) is 12.7 Å². The first kappa shape index (κ1) is 10.7. The van der Waals surface area contributed by atoms with E-state index in [1.807, 2.05) is 0 Å². The van der Waals surface area contributed by atoms with Gasteiger partial charge >= 0.3 is 5.97 Å². The van der Waals surface area contributed by atoms with E-state index in [1.54, 1.807) is 6.92 Å². The standard InChI is InChI=1S/C10H12FNO2/c1-6(12)8-4-3-7(5-9(8)11)10(13)14-2/h3-6H,12H2,1-2H3. The number of esters is 1. The van der Waals surface area contributed by atoms with Gasteiger partial charge in [0, 0.05) is 11.6 Å². The summed E-state index contributed by atoms with van der Waals surface area (Å²) in [5, 5.41) is 0. The smallest absolute Gasteiger partial charge is 0.337 e. The molecular weight excluding hydrogens is 185 g/mol. The summed E-state index contributed by atoms with van der Waals surface area (Å²) in [7, 11) is 1.25. The number of nitrogens with two attached hydrogens (primary N) is 1. The molecule has 1 rings (SSSR count). The second kappa shape index (κ2) is 4.19. The number of methoxy groups -OCH3 is 1. The Balaban J connectivity index is 3.06. The zero-order chi connectivity index (χ0) is 10.7. The highest BCUT2D eigenvalue weighted by Gasteiger charge is 2.11. The highest BCUT2D eigenvalue weighted by molar-refractivity contribution is 5.89. The van der Waals surface area contributed by atoms with Gasteiger partial charge in [0.1, 0.15) is 5.82 Å². The van der Waals surface area contributed by atoms with Gasteiger partial charge in [-0.25, -0.2) is 9.18 Å². The highest BCUT2D eigenvalue weighted by atomic mass is 19.1. The third-order valence-electron chi connectivity index (χ3n) is 1.91. The van der Waals surface area contributed by atoms with E-state index >= 15 is 0 Å². The van der Waals surface area contributed by atoms with Gasteiger partial charge in [-0.05, 0) is 19.1 Å². The zero-order valence-electron chi connectivity index (χ0n) is 8.08. The number of halogens is 1. The van der Waals surface area contributed by atoms with Crippen molar-refractivity contribution < 1.29 is 13.9 Å². The fourth-order valence-corrected chi connectivity index (χ4v) is 1.14. The second-order valence-corrected chi connectivity index (χ2v) is 3.02. The van der Waals surface area contributed by atoms with Gasteiger partial charge in [0.15, 0.2) is 0 Å². The Labute approximate surface area is 81.7 Å². The second-order valence-electron chi connectivity index (χ2n) is 3.02. The predicted octanol–water partition coefficient (Wildman–Crippen LogP) is 1.63. The van der Waals surface area contributed by atoms with Crippen LogP contribution < -0.4 is 5.73 Å². The minimum atomic E-state index is -0.555. The molecular formula is C10H12FNO2. The molecule has 1 aromatic carbocycles. The summed E-state index contributed by atoms with van der Waals surface area (Å²) in [4.78, 5) is 11.0. The Kier molecular flexibility index (Phi) is 3.19. The molecule has 0 heterocycles.